The van der Waals surface area contributed by atoms with Crippen molar-refractivity contribution in [2.75, 3.05) is 26.3 Å². The van der Waals surface area contributed by atoms with Crippen LogP contribution in [0, 0.1) is 0 Å². The van der Waals surface area contributed by atoms with Gasteiger partial charge in [0.2, 0.25) is 0 Å². The molecule has 0 aromatic heterocycles. The van der Waals surface area contributed by atoms with E-state index >= 15 is 0 Å². The van der Waals surface area contributed by atoms with Gasteiger partial charge in [-0.15, -0.1) is 0 Å². The van der Waals surface area contributed by atoms with Crippen molar-refractivity contribution in [3.63, 3.8) is 0 Å². The highest BCUT2D eigenvalue weighted by molar-refractivity contribution is 5.81. The second-order valence-electron chi connectivity index (χ2n) is 5.24. The Balaban J connectivity index is 2.41. The Labute approximate surface area is 120 Å². The van der Waals surface area contributed by atoms with Crippen LogP contribution in [-0.2, 0) is 19.1 Å². The van der Waals surface area contributed by atoms with Crippen LogP contribution >= 0.6 is 0 Å². The highest BCUT2D eigenvalue weighted by Gasteiger charge is 2.28. The Bertz CT molecular complexity index is 313. The minimum atomic E-state index is -0.895. The van der Waals surface area contributed by atoms with E-state index in [1.165, 1.54) is 0 Å². The fourth-order valence-electron chi connectivity index (χ4n) is 2.11. The average Bonchev–Trinajstić information content (AvgIpc) is 2.90. The topological polar surface area (TPSA) is 76.1 Å². The predicted octanol–water partition coefficient (Wildman–Crippen LogP) is 1.28. The first-order chi connectivity index (χ1) is 9.50. The van der Waals surface area contributed by atoms with E-state index in [1.807, 2.05) is 13.8 Å². The lowest BCUT2D eigenvalue weighted by molar-refractivity contribution is -0.143. The first-order valence-corrected chi connectivity index (χ1v) is 7.24. The van der Waals surface area contributed by atoms with Crippen molar-refractivity contribution < 1.29 is 24.2 Å². The van der Waals surface area contributed by atoms with Crippen LogP contribution in [0.1, 0.15) is 39.5 Å². The molecule has 1 amide bonds. The molecular weight excluding hydrogens is 262 g/mol. The third-order valence-electron chi connectivity index (χ3n) is 3.14. The zero-order valence-corrected chi connectivity index (χ0v) is 12.3. The molecule has 116 valence electrons. The fraction of sp³-hybridized carbons (Fsp3) is 0.857. The number of carboxylic acids is 1. The molecule has 0 aliphatic carbocycles. The van der Waals surface area contributed by atoms with Crippen molar-refractivity contribution >= 4 is 11.9 Å². The molecule has 1 atom stereocenters. The minimum absolute atomic E-state index is 0.0382. The first-order valence-electron chi connectivity index (χ1n) is 7.24. The third kappa shape index (κ3) is 6.34. The van der Waals surface area contributed by atoms with Crippen molar-refractivity contribution in [1.82, 2.24) is 4.90 Å². The van der Waals surface area contributed by atoms with Gasteiger partial charge in [0.25, 0.3) is 5.91 Å². The van der Waals surface area contributed by atoms with Crippen LogP contribution in [0.15, 0.2) is 0 Å². The van der Waals surface area contributed by atoms with E-state index in [0.717, 1.165) is 12.8 Å². The Morgan fingerprint density at radius 2 is 2.15 bits per heavy atom. The molecule has 1 heterocycles. The summed E-state index contributed by atoms with van der Waals surface area (Å²) in [4.78, 5) is 24.5. The fourth-order valence-corrected chi connectivity index (χ4v) is 2.11. The van der Waals surface area contributed by atoms with Gasteiger partial charge in [-0.1, -0.05) is 0 Å². The zero-order valence-electron chi connectivity index (χ0n) is 12.3. The Hall–Kier alpha value is -1.14. The zero-order chi connectivity index (χ0) is 15.0. The molecule has 1 rings (SSSR count). The minimum Gasteiger partial charge on any atom is -0.481 e. The lowest BCUT2D eigenvalue weighted by Crippen LogP contribution is -2.41. The van der Waals surface area contributed by atoms with Crippen molar-refractivity contribution in [1.29, 1.82) is 0 Å². The van der Waals surface area contributed by atoms with Crippen LogP contribution in [0.2, 0.25) is 0 Å². The predicted molar refractivity (Wildman–Crippen MR) is 73.5 cm³/mol. The molecule has 1 unspecified atom stereocenters. The van der Waals surface area contributed by atoms with Gasteiger partial charge in [-0.2, -0.15) is 0 Å². The summed E-state index contributed by atoms with van der Waals surface area (Å²) in [6.07, 6.45) is 2.05. The summed E-state index contributed by atoms with van der Waals surface area (Å²) in [6.45, 7) is 5.84. The molecule has 6 heteroatoms. The quantitative estimate of drug-likeness (QED) is 0.647. The van der Waals surface area contributed by atoms with Crippen LogP contribution in [0.4, 0.5) is 0 Å². The lowest BCUT2D eigenvalue weighted by atomic mass is 10.2. The summed E-state index contributed by atoms with van der Waals surface area (Å²) in [7, 11) is 0. The maximum atomic E-state index is 12.3. The molecule has 1 aliphatic heterocycles. The smallest absolute Gasteiger partial charge is 0.305 e. The van der Waals surface area contributed by atoms with Gasteiger partial charge >= 0.3 is 5.97 Å². The molecule has 0 bridgehead atoms. The highest BCUT2D eigenvalue weighted by atomic mass is 16.5. The van der Waals surface area contributed by atoms with Crippen LogP contribution in [-0.4, -0.2) is 60.4 Å². The molecule has 0 spiro atoms. The molecule has 20 heavy (non-hydrogen) atoms. The monoisotopic (exact) mass is 287 g/mol. The number of aliphatic carboxylic acids is 1. The average molecular weight is 287 g/mol. The summed E-state index contributed by atoms with van der Waals surface area (Å²) in [5, 5.41) is 8.76. The second-order valence-corrected chi connectivity index (χ2v) is 5.24. The normalized spacial score (nSPS) is 18.4. The van der Waals surface area contributed by atoms with Gasteiger partial charge in [-0.25, -0.2) is 0 Å². The number of rotatable bonds is 9. The van der Waals surface area contributed by atoms with E-state index in [4.69, 9.17) is 14.6 Å². The van der Waals surface area contributed by atoms with Gasteiger partial charge in [-0.05, 0) is 33.1 Å². The van der Waals surface area contributed by atoms with E-state index < -0.39 is 12.1 Å². The summed E-state index contributed by atoms with van der Waals surface area (Å²) < 4.78 is 10.8. The molecule has 0 saturated carbocycles. The van der Waals surface area contributed by atoms with Gasteiger partial charge in [-0.3, -0.25) is 9.59 Å². The van der Waals surface area contributed by atoms with E-state index in [1.54, 1.807) is 4.90 Å². The number of nitrogens with zero attached hydrogens (tertiary/aromatic N) is 1. The molecule has 1 saturated heterocycles. The van der Waals surface area contributed by atoms with Gasteiger partial charge < -0.3 is 19.5 Å². The molecule has 0 radical (unpaired) electrons. The van der Waals surface area contributed by atoms with E-state index in [9.17, 15) is 9.59 Å². The third-order valence-corrected chi connectivity index (χ3v) is 3.14. The van der Waals surface area contributed by atoms with E-state index in [-0.39, 0.29) is 25.0 Å². The number of amides is 1. The molecular formula is C14H25NO5. The highest BCUT2D eigenvalue weighted by Crippen LogP contribution is 2.15. The number of carbonyl (C=O) groups excluding carboxylic acids is 1. The first kappa shape index (κ1) is 16.9. The van der Waals surface area contributed by atoms with Gasteiger partial charge in [0.05, 0.1) is 12.5 Å². The number of hydrogen-bond acceptors (Lipinski definition) is 4. The van der Waals surface area contributed by atoms with Crippen LogP contribution in [0.5, 0.6) is 0 Å². The maximum absolute atomic E-state index is 12.3. The lowest BCUT2D eigenvalue weighted by Gasteiger charge is -2.25. The van der Waals surface area contributed by atoms with Gasteiger partial charge in [0.1, 0.15) is 6.10 Å². The maximum Gasteiger partial charge on any atom is 0.305 e. The molecule has 0 aromatic rings. The van der Waals surface area contributed by atoms with Crippen LogP contribution in [0.3, 0.4) is 0 Å². The van der Waals surface area contributed by atoms with Gasteiger partial charge in [0, 0.05) is 26.3 Å². The number of ether oxygens (including phenoxy) is 2. The SMILES string of the molecule is CC(C)OCCCN(CCC(=O)O)C(=O)C1CCCO1. The Kier molecular flexibility index (Phi) is 7.54. The summed E-state index contributed by atoms with van der Waals surface area (Å²) in [5.41, 5.74) is 0. The van der Waals surface area contributed by atoms with Crippen molar-refractivity contribution in [2.24, 2.45) is 0 Å². The van der Waals surface area contributed by atoms with Crippen molar-refractivity contribution in [3.05, 3.63) is 0 Å². The molecule has 6 nitrogen and oxygen atoms in total. The second kappa shape index (κ2) is 8.92. The molecule has 1 fully saturated rings. The summed E-state index contributed by atoms with van der Waals surface area (Å²) in [5.74, 6) is -0.984. The van der Waals surface area contributed by atoms with Crippen molar-refractivity contribution in [2.45, 2.75) is 51.7 Å². The van der Waals surface area contributed by atoms with Crippen LogP contribution < -0.4 is 0 Å². The summed E-state index contributed by atoms with van der Waals surface area (Å²) >= 11 is 0. The summed E-state index contributed by atoms with van der Waals surface area (Å²) in [6, 6.07) is 0. The number of carboxylic acid groups (broad SMARTS) is 1. The Morgan fingerprint density at radius 3 is 2.70 bits per heavy atom. The van der Waals surface area contributed by atoms with Crippen molar-refractivity contribution in [3.8, 4) is 0 Å². The number of carbonyl (C=O) groups is 2. The molecule has 1 aliphatic rings. The van der Waals surface area contributed by atoms with E-state index in [0.29, 0.717) is 26.2 Å². The van der Waals surface area contributed by atoms with Crippen LogP contribution in [0.25, 0.3) is 0 Å². The van der Waals surface area contributed by atoms with Gasteiger partial charge in [0.15, 0.2) is 0 Å². The standard InChI is InChI=1S/C14H25NO5/c1-11(2)19-10-4-7-15(8-6-13(16)17)14(18)12-5-3-9-20-12/h11-12H,3-10H2,1-2H3,(H,16,17). The van der Waals surface area contributed by atoms with E-state index in [2.05, 4.69) is 0 Å². The largest absolute Gasteiger partial charge is 0.481 e. The Morgan fingerprint density at radius 1 is 1.40 bits per heavy atom. The number of hydrogen-bond donors (Lipinski definition) is 1. The molecule has 0 aromatic carbocycles. The molecule has 1 N–H and O–H groups in total.